The van der Waals surface area contributed by atoms with E-state index in [1.165, 1.54) is 64.2 Å². The normalized spacial score (nSPS) is 31.4. The zero-order valence-electron chi connectivity index (χ0n) is 11.0. The second-order valence-corrected chi connectivity index (χ2v) is 5.34. The van der Waals surface area contributed by atoms with Gasteiger partial charge in [0.2, 0.25) is 0 Å². The van der Waals surface area contributed by atoms with Crippen molar-refractivity contribution in [1.82, 2.24) is 0 Å². The molecule has 0 aromatic carbocycles. The van der Waals surface area contributed by atoms with Gasteiger partial charge in [-0.2, -0.15) is 0 Å². The Labute approximate surface area is 101 Å². The van der Waals surface area contributed by atoms with Crippen LogP contribution in [-0.2, 0) is 0 Å². The van der Waals surface area contributed by atoms with Crippen LogP contribution in [0.2, 0.25) is 0 Å². The van der Waals surface area contributed by atoms with Gasteiger partial charge in [0, 0.05) is 6.04 Å². The van der Waals surface area contributed by atoms with Crippen LogP contribution in [0.3, 0.4) is 0 Å². The third kappa shape index (κ3) is 6.32. The number of hydrogen-bond acceptors (Lipinski definition) is 1. The molecule has 1 aliphatic rings. The van der Waals surface area contributed by atoms with Gasteiger partial charge in [-0.3, -0.25) is 0 Å². The van der Waals surface area contributed by atoms with Crippen molar-refractivity contribution in [3.8, 4) is 0 Å². The van der Waals surface area contributed by atoms with Crippen molar-refractivity contribution in [3.63, 3.8) is 0 Å². The van der Waals surface area contributed by atoms with Gasteiger partial charge in [0.05, 0.1) is 0 Å². The van der Waals surface area contributed by atoms with Crippen LogP contribution in [0.25, 0.3) is 0 Å². The molecular formula is C15H29N. The molecule has 0 radical (unpaired) electrons. The second-order valence-electron chi connectivity index (χ2n) is 5.34. The van der Waals surface area contributed by atoms with Crippen molar-refractivity contribution in [2.75, 3.05) is 0 Å². The fourth-order valence-electron chi connectivity index (χ4n) is 2.68. The molecule has 0 heterocycles. The summed E-state index contributed by atoms with van der Waals surface area (Å²) in [6, 6.07) is 0.456. The van der Waals surface area contributed by atoms with E-state index in [4.69, 9.17) is 5.73 Å². The highest BCUT2D eigenvalue weighted by Gasteiger charge is 2.08. The number of nitrogens with two attached hydrogens (primary N) is 1. The van der Waals surface area contributed by atoms with Gasteiger partial charge in [-0.05, 0) is 38.0 Å². The predicted molar refractivity (Wildman–Crippen MR) is 72.4 cm³/mol. The molecule has 0 aliphatic heterocycles. The molecule has 1 rings (SSSR count). The minimum atomic E-state index is 0.456. The Morgan fingerprint density at radius 1 is 1.06 bits per heavy atom. The van der Waals surface area contributed by atoms with Crippen LogP contribution in [0.4, 0.5) is 0 Å². The van der Waals surface area contributed by atoms with Crippen molar-refractivity contribution in [3.05, 3.63) is 12.2 Å². The topological polar surface area (TPSA) is 26.0 Å². The third-order valence-electron chi connectivity index (χ3n) is 3.72. The van der Waals surface area contributed by atoms with E-state index < -0.39 is 0 Å². The van der Waals surface area contributed by atoms with Gasteiger partial charge in [-0.1, -0.05) is 51.2 Å². The van der Waals surface area contributed by atoms with Crippen molar-refractivity contribution < 1.29 is 0 Å². The Kier molecular flexibility index (Phi) is 7.58. The molecule has 0 bridgehead atoms. The van der Waals surface area contributed by atoms with Gasteiger partial charge >= 0.3 is 0 Å². The maximum absolute atomic E-state index is 6.08. The monoisotopic (exact) mass is 223 g/mol. The molecule has 0 saturated carbocycles. The molecule has 1 aliphatic carbocycles. The lowest BCUT2D eigenvalue weighted by Crippen LogP contribution is -2.19. The first-order valence-electron chi connectivity index (χ1n) is 7.23. The average Bonchev–Trinajstić information content (AvgIpc) is 2.26. The van der Waals surface area contributed by atoms with Gasteiger partial charge < -0.3 is 5.73 Å². The highest BCUT2D eigenvalue weighted by molar-refractivity contribution is 4.85. The molecule has 94 valence electrons. The van der Waals surface area contributed by atoms with Crippen molar-refractivity contribution in [2.24, 2.45) is 11.7 Å². The van der Waals surface area contributed by atoms with E-state index >= 15 is 0 Å². The molecule has 0 aromatic heterocycles. The summed E-state index contributed by atoms with van der Waals surface area (Å²) < 4.78 is 0. The van der Waals surface area contributed by atoms with Crippen LogP contribution in [-0.4, -0.2) is 6.04 Å². The fourth-order valence-corrected chi connectivity index (χ4v) is 2.68. The van der Waals surface area contributed by atoms with E-state index in [1.54, 1.807) is 0 Å². The zero-order chi connectivity index (χ0) is 11.6. The molecule has 0 fully saturated rings. The minimum absolute atomic E-state index is 0.456. The third-order valence-corrected chi connectivity index (χ3v) is 3.72. The maximum Gasteiger partial charge on any atom is 0.00389 e. The van der Waals surface area contributed by atoms with Gasteiger partial charge in [0.1, 0.15) is 0 Å². The first-order chi connectivity index (χ1) is 7.83. The summed E-state index contributed by atoms with van der Waals surface area (Å²) >= 11 is 0. The van der Waals surface area contributed by atoms with Gasteiger partial charge in [-0.25, -0.2) is 0 Å². The average molecular weight is 223 g/mol. The van der Waals surface area contributed by atoms with E-state index in [9.17, 15) is 0 Å². The minimum Gasteiger partial charge on any atom is -0.328 e. The summed E-state index contributed by atoms with van der Waals surface area (Å²) in [5.41, 5.74) is 6.08. The largest absolute Gasteiger partial charge is 0.328 e. The maximum atomic E-state index is 6.08. The number of allylic oxidation sites excluding steroid dienone is 2. The molecular weight excluding hydrogens is 194 g/mol. The Balaban J connectivity index is 2.35. The van der Waals surface area contributed by atoms with Gasteiger partial charge in [0.25, 0.3) is 0 Å². The van der Waals surface area contributed by atoms with E-state index in [-0.39, 0.29) is 0 Å². The fraction of sp³-hybridized carbons (Fsp3) is 0.867. The SMILES string of the molecule is CCCC1C/C=C\CCCC(N)CCCC1. The summed E-state index contributed by atoms with van der Waals surface area (Å²) in [5, 5.41) is 0. The Hall–Kier alpha value is -0.300. The van der Waals surface area contributed by atoms with Gasteiger partial charge in [-0.15, -0.1) is 0 Å². The molecule has 2 N–H and O–H groups in total. The summed E-state index contributed by atoms with van der Waals surface area (Å²) in [6.07, 6.45) is 17.9. The van der Waals surface area contributed by atoms with Crippen LogP contribution in [0.15, 0.2) is 12.2 Å². The standard InChI is InChI=1S/C15H29N/c1-2-9-14-10-5-3-4-6-12-15(16)13-8-7-11-14/h3,5,14-15H,2,4,6-13,16H2,1H3/b5-3-. The van der Waals surface area contributed by atoms with E-state index in [0.29, 0.717) is 6.04 Å². The van der Waals surface area contributed by atoms with Crippen LogP contribution in [0, 0.1) is 5.92 Å². The van der Waals surface area contributed by atoms with Crippen LogP contribution in [0.5, 0.6) is 0 Å². The van der Waals surface area contributed by atoms with Crippen LogP contribution >= 0.6 is 0 Å². The Morgan fingerprint density at radius 2 is 1.81 bits per heavy atom. The Morgan fingerprint density at radius 3 is 2.62 bits per heavy atom. The summed E-state index contributed by atoms with van der Waals surface area (Å²) in [7, 11) is 0. The lowest BCUT2D eigenvalue weighted by molar-refractivity contribution is 0.412. The van der Waals surface area contributed by atoms with Gasteiger partial charge in [0.15, 0.2) is 0 Å². The molecule has 0 amide bonds. The van der Waals surface area contributed by atoms with E-state index in [0.717, 1.165) is 5.92 Å². The van der Waals surface area contributed by atoms with E-state index in [1.807, 2.05) is 0 Å². The molecule has 0 aromatic rings. The molecule has 0 spiro atoms. The molecule has 2 unspecified atom stereocenters. The second kappa shape index (κ2) is 8.81. The molecule has 1 nitrogen and oxygen atoms in total. The van der Waals surface area contributed by atoms with Crippen LogP contribution in [0.1, 0.15) is 71.1 Å². The zero-order valence-corrected chi connectivity index (χ0v) is 11.0. The molecule has 1 heteroatoms. The van der Waals surface area contributed by atoms with Crippen molar-refractivity contribution in [1.29, 1.82) is 0 Å². The van der Waals surface area contributed by atoms with Crippen LogP contribution < -0.4 is 5.73 Å². The molecule has 0 saturated heterocycles. The molecule has 2 atom stereocenters. The quantitative estimate of drug-likeness (QED) is 0.689. The first-order valence-corrected chi connectivity index (χ1v) is 7.23. The lowest BCUT2D eigenvalue weighted by Gasteiger charge is -2.16. The molecule has 16 heavy (non-hydrogen) atoms. The predicted octanol–water partition coefficient (Wildman–Crippen LogP) is 4.42. The smallest absolute Gasteiger partial charge is 0.00389 e. The summed E-state index contributed by atoms with van der Waals surface area (Å²) in [5.74, 6) is 0.928. The van der Waals surface area contributed by atoms with Crippen molar-refractivity contribution >= 4 is 0 Å². The highest BCUT2D eigenvalue weighted by Crippen LogP contribution is 2.21. The highest BCUT2D eigenvalue weighted by atomic mass is 14.6. The summed E-state index contributed by atoms with van der Waals surface area (Å²) in [4.78, 5) is 0. The first kappa shape index (κ1) is 13.8. The summed E-state index contributed by atoms with van der Waals surface area (Å²) in [6.45, 7) is 2.30. The lowest BCUT2D eigenvalue weighted by atomic mass is 9.91. The van der Waals surface area contributed by atoms with Crippen molar-refractivity contribution in [2.45, 2.75) is 77.2 Å². The number of hydrogen-bond donors (Lipinski definition) is 1. The Bertz CT molecular complexity index is 186. The number of rotatable bonds is 2. The van der Waals surface area contributed by atoms with E-state index in [2.05, 4.69) is 19.1 Å².